The number of halogens is 1. The van der Waals surface area contributed by atoms with Crippen LogP contribution in [0, 0.1) is 11.3 Å². The lowest BCUT2D eigenvalue weighted by Crippen LogP contribution is -2.04. The third-order valence-corrected chi connectivity index (χ3v) is 2.76. The average molecular weight is 331 g/mol. The van der Waals surface area contributed by atoms with Crippen molar-refractivity contribution in [2.24, 2.45) is 0 Å². The van der Waals surface area contributed by atoms with Gasteiger partial charge < -0.3 is 9.47 Å². The van der Waals surface area contributed by atoms with Crippen molar-refractivity contribution in [2.45, 2.75) is 0 Å². The van der Waals surface area contributed by atoms with Crippen LogP contribution < -0.4 is 9.47 Å². The number of methoxy groups -OCH3 is 2. The van der Waals surface area contributed by atoms with E-state index in [1.54, 1.807) is 6.07 Å². The summed E-state index contributed by atoms with van der Waals surface area (Å²) in [5.74, 6) is 0.762. The van der Waals surface area contributed by atoms with E-state index in [1.807, 2.05) is 28.7 Å². The van der Waals surface area contributed by atoms with Gasteiger partial charge in [0.05, 0.1) is 29.8 Å². The summed E-state index contributed by atoms with van der Waals surface area (Å²) >= 11 is 1.97. The SMILES string of the molecule is COc1cc(OC)c(C(=O)CI)cc1C#N. The smallest absolute Gasteiger partial charge is 0.176 e. The van der Waals surface area contributed by atoms with E-state index in [2.05, 4.69) is 0 Å². The van der Waals surface area contributed by atoms with Gasteiger partial charge in [0.1, 0.15) is 17.6 Å². The Balaban J connectivity index is 3.38. The molecule has 0 saturated carbocycles. The van der Waals surface area contributed by atoms with Gasteiger partial charge in [-0.05, 0) is 6.07 Å². The second kappa shape index (κ2) is 5.70. The van der Waals surface area contributed by atoms with Crippen molar-refractivity contribution in [1.82, 2.24) is 0 Å². The van der Waals surface area contributed by atoms with Crippen molar-refractivity contribution < 1.29 is 14.3 Å². The quantitative estimate of drug-likeness (QED) is 0.482. The van der Waals surface area contributed by atoms with Gasteiger partial charge in [0.2, 0.25) is 0 Å². The van der Waals surface area contributed by atoms with E-state index in [4.69, 9.17) is 14.7 Å². The number of carbonyl (C=O) groups is 1. The van der Waals surface area contributed by atoms with Gasteiger partial charge >= 0.3 is 0 Å². The summed E-state index contributed by atoms with van der Waals surface area (Å²) in [6, 6.07) is 5.03. The maximum absolute atomic E-state index is 11.6. The number of carbonyl (C=O) groups excluding carboxylic acids is 1. The molecule has 0 spiro atoms. The van der Waals surface area contributed by atoms with Crippen molar-refractivity contribution in [3.63, 3.8) is 0 Å². The molecule has 0 heterocycles. The maximum Gasteiger partial charge on any atom is 0.176 e. The van der Waals surface area contributed by atoms with Gasteiger partial charge in [-0.3, -0.25) is 4.79 Å². The molecular weight excluding hydrogens is 321 g/mol. The first-order chi connectivity index (χ1) is 7.67. The molecule has 1 rings (SSSR count). The zero-order valence-electron chi connectivity index (χ0n) is 8.91. The van der Waals surface area contributed by atoms with Crippen LogP contribution in [-0.2, 0) is 0 Å². The highest BCUT2D eigenvalue weighted by Crippen LogP contribution is 2.29. The number of nitrogens with zero attached hydrogens (tertiary/aromatic N) is 1. The van der Waals surface area contributed by atoms with Gasteiger partial charge in [0, 0.05) is 6.07 Å². The number of hydrogen-bond acceptors (Lipinski definition) is 4. The van der Waals surface area contributed by atoms with E-state index < -0.39 is 0 Å². The molecule has 0 aliphatic heterocycles. The van der Waals surface area contributed by atoms with Crippen molar-refractivity contribution in [1.29, 1.82) is 5.26 Å². The number of benzene rings is 1. The van der Waals surface area contributed by atoms with Crippen LogP contribution in [0.5, 0.6) is 11.5 Å². The van der Waals surface area contributed by atoms with E-state index in [9.17, 15) is 4.79 Å². The monoisotopic (exact) mass is 331 g/mol. The van der Waals surface area contributed by atoms with E-state index in [-0.39, 0.29) is 5.78 Å². The molecular formula is C11H10INO3. The minimum atomic E-state index is -0.0726. The van der Waals surface area contributed by atoms with Crippen LogP contribution >= 0.6 is 22.6 Å². The maximum atomic E-state index is 11.6. The largest absolute Gasteiger partial charge is 0.496 e. The molecule has 0 aliphatic carbocycles. The van der Waals surface area contributed by atoms with Gasteiger partial charge in [0.25, 0.3) is 0 Å². The lowest BCUT2D eigenvalue weighted by Gasteiger charge is -2.10. The zero-order chi connectivity index (χ0) is 12.1. The Bertz CT molecular complexity index is 451. The Morgan fingerprint density at radius 3 is 2.44 bits per heavy atom. The molecule has 0 saturated heterocycles. The molecule has 0 N–H and O–H groups in total. The number of rotatable bonds is 4. The zero-order valence-corrected chi connectivity index (χ0v) is 11.1. The van der Waals surface area contributed by atoms with Crippen LogP contribution in [0.3, 0.4) is 0 Å². The molecule has 0 unspecified atom stereocenters. The standard InChI is InChI=1S/C11H10INO3/c1-15-10-4-11(16-2)8(9(14)5-12)3-7(10)6-13/h3-4H,5H2,1-2H3. The first-order valence-electron chi connectivity index (χ1n) is 4.43. The first kappa shape index (κ1) is 12.8. The van der Waals surface area contributed by atoms with E-state index >= 15 is 0 Å². The fourth-order valence-electron chi connectivity index (χ4n) is 1.28. The molecule has 84 valence electrons. The number of Topliss-reactive ketones (excluding diaryl/α,β-unsaturated/α-hetero) is 1. The van der Waals surface area contributed by atoms with Crippen LogP contribution in [0.25, 0.3) is 0 Å². The fraction of sp³-hybridized carbons (Fsp3) is 0.273. The summed E-state index contributed by atoms with van der Waals surface area (Å²) in [6.45, 7) is 0. The van der Waals surface area contributed by atoms with E-state index in [0.717, 1.165) is 0 Å². The molecule has 0 atom stereocenters. The Morgan fingerprint density at radius 2 is 2.00 bits per heavy atom. The molecule has 0 radical (unpaired) electrons. The van der Waals surface area contributed by atoms with Gasteiger partial charge in [0.15, 0.2) is 5.78 Å². The first-order valence-corrected chi connectivity index (χ1v) is 5.95. The normalized spacial score (nSPS) is 9.38. The highest BCUT2D eigenvalue weighted by Gasteiger charge is 2.15. The summed E-state index contributed by atoms with van der Waals surface area (Å²) in [4.78, 5) is 11.6. The second-order valence-corrected chi connectivity index (χ2v) is 3.68. The molecule has 0 bridgehead atoms. The van der Waals surface area contributed by atoms with Crippen molar-refractivity contribution in [3.05, 3.63) is 23.3 Å². The van der Waals surface area contributed by atoms with Crippen molar-refractivity contribution in [2.75, 3.05) is 18.6 Å². The predicted octanol–water partition coefficient (Wildman–Crippen LogP) is 2.19. The van der Waals surface area contributed by atoms with Gasteiger partial charge in [-0.2, -0.15) is 5.26 Å². The second-order valence-electron chi connectivity index (χ2n) is 2.92. The molecule has 1 aromatic carbocycles. The molecule has 0 fully saturated rings. The molecule has 0 amide bonds. The van der Waals surface area contributed by atoms with Crippen molar-refractivity contribution >= 4 is 28.4 Å². The summed E-state index contributed by atoms with van der Waals surface area (Å²) in [5, 5.41) is 8.91. The van der Waals surface area contributed by atoms with Gasteiger partial charge in [-0.15, -0.1) is 0 Å². The van der Waals surface area contributed by atoms with Gasteiger partial charge in [-0.1, -0.05) is 22.6 Å². The number of nitriles is 1. The third kappa shape index (κ3) is 2.44. The van der Waals surface area contributed by atoms with Gasteiger partial charge in [-0.25, -0.2) is 0 Å². The molecule has 16 heavy (non-hydrogen) atoms. The van der Waals surface area contributed by atoms with Crippen LogP contribution in [-0.4, -0.2) is 24.4 Å². The molecule has 5 heteroatoms. The summed E-state index contributed by atoms with van der Waals surface area (Å²) < 4.78 is 10.5. The molecule has 0 aliphatic rings. The fourth-order valence-corrected chi connectivity index (χ4v) is 1.69. The Kier molecular flexibility index (Phi) is 4.55. The Hall–Kier alpha value is -1.29. The highest BCUT2D eigenvalue weighted by molar-refractivity contribution is 14.1. The summed E-state index contributed by atoms with van der Waals surface area (Å²) in [7, 11) is 2.94. The van der Waals surface area contributed by atoms with Crippen LogP contribution in [0.2, 0.25) is 0 Å². The van der Waals surface area contributed by atoms with Crippen molar-refractivity contribution in [3.8, 4) is 17.6 Å². The number of alkyl halides is 1. The Morgan fingerprint density at radius 1 is 1.38 bits per heavy atom. The third-order valence-electron chi connectivity index (χ3n) is 2.06. The summed E-state index contributed by atoms with van der Waals surface area (Å²) in [5.41, 5.74) is 0.741. The lowest BCUT2D eigenvalue weighted by molar-refractivity contribution is 0.102. The van der Waals surface area contributed by atoms with Crippen LogP contribution in [0.4, 0.5) is 0 Å². The number of ether oxygens (including phenoxy) is 2. The molecule has 4 nitrogen and oxygen atoms in total. The number of hydrogen-bond donors (Lipinski definition) is 0. The summed E-state index contributed by atoms with van der Waals surface area (Å²) in [6.07, 6.45) is 0. The minimum Gasteiger partial charge on any atom is -0.496 e. The lowest BCUT2D eigenvalue weighted by atomic mass is 10.1. The Labute approximate surface area is 107 Å². The highest BCUT2D eigenvalue weighted by atomic mass is 127. The topological polar surface area (TPSA) is 59.3 Å². The van der Waals surface area contributed by atoms with E-state index in [0.29, 0.717) is 27.1 Å². The minimum absolute atomic E-state index is 0.0726. The van der Waals surface area contributed by atoms with Crippen LogP contribution in [0.15, 0.2) is 12.1 Å². The van der Waals surface area contributed by atoms with Crippen LogP contribution in [0.1, 0.15) is 15.9 Å². The average Bonchev–Trinajstić information content (AvgIpc) is 2.35. The van der Waals surface area contributed by atoms with E-state index in [1.165, 1.54) is 20.3 Å². The predicted molar refractivity (Wildman–Crippen MR) is 67.5 cm³/mol. The number of ketones is 1. The molecule has 0 aromatic heterocycles. The molecule has 1 aromatic rings.